The fourth-order valence-corrected chi connectivity index (χ4v) is 0.779. The maximum absolute atomic E-state index is 7.03. The van der Waals surface area contributed by atoms with Crippen LogP contribution in [-0.4, -0.2) is 36.1 Å². The van der Waals surface area contributed by atoms with Crippen molar-refractivity contribution in [2.75, 3.05) is 13.1 Å². The molecule has 0 radical (unpaired) electrons. The number of rotatable bonds is 2. The molecule has 3 heteroatoms. The molecule has 1 saturated heterocycles. The van der Waals surface area contributed by atoms with Crippen LogP contribution in [0.15, 0.2) is 4.99 Å². The molecule has 1 fully saturated rings. The smallest absolute Gasteiger partial charge is 0.116 e. The van der Waals surface area contributed by atoms with E-state index in [-0.39, 0.29) is 0 Å². The fraction of sp³-hybridized carbons (Fsp3) is 0.714. The first-order valence-electron chi connectivity index (χ1n) is 3.53. The molecule has 1 heterocycles. The van der Waals surface area contributed by atoms with E-state index in [9.17, 15) is 0 Å². The van der Waals surface area contributed by atoms with Crippen LogP contribution in [0.1, 0.15) is 13.8 Å². The summed E-state index contributed by atoms with van der Waals surface area (Å²) < 4.78 is 0. The van der Waals surface area contributed by atoms with Crippen molar-refractivity contribution in [3.8, 4) is 0 Å². The van der Waals surface area contributed by atoms with Crippen molar-refractivity contribution >= 4 is 12.1 Å². The minimum atomic E-state index is 0.383. The Morgan fingerprint density at radius 1 is 1.70 bits per heavy atom. The van der Waals surface area contributed by atoms with Gasteiger partial charge in [-0.3, -0.25) is 10.3 Å². The zero-order valence-electron chi connectivity index (χ0n) is 6.46. The molecule has 0 amide bonds. The van der Waals surface area contributed by atoms with Gasteiger partial charge in [0.1, 0.15) is 5.84 Å². The quantitative estimate of drug-likeness (QED) is 0.342. The van der Waals surface area contributed by atoms with E-state index >= 15 is 0 Å². The number of amidine groups is 1. The van der Waals surface area contributed by atoms with Crippen LogP contribution in [0.4, 0.5) is 0 Å². The zero-order valence-corrected chi connectivity index (χ0v) is 6.46. The predicted octanol–water partition coefficient (Wildman–Crippen LogP) is 0.758. The van der Waals surface area contributed by atoms with Crippen molar-refractivity contribution in [2.45, 2.75) is 19.9 Å². The van der Waals surface area contributed by atoms with Gasteiger partial charge in [-0.15, -0.1) is 0 Å². The van der Waals surface area contributed by atoms with Crippen molar-refractivity contribution in [1.82, 2.24) is 4.90 Å². The van der Waals surface area contributed by atoms with Gasteiger partial charge >= 0.3 is 0 Å². The maximum atomic E-state index is 7.03. The Bertz CT molecular complexity index is 158. The summed E-state index contributed by atoms with van der Waals surface area (Å²) in [4.78, 5) is 6.19. The van der Waals surface area contributed by atoms with E-state index in [2.05, 4.69) is 16.8 Å². The second-order valence-electron chi connectivity index (χ2n) is 2.64. The largest absolute Gasteiger partial charge is 0.293 e. The normalized spacial score (nSPS) is 21.4. The van der Waals surface area contributed by atoms with E-state index < -0.39 is 0 Å². The molecule has 3 nitrogen and oxygen atoms in total. The average Bonchev–Trinajstić information content (AvgIpc) is 2.63. The van der Waals surface area contributed by atoms with Crippen LogP contribution in [0.2, 0.25) is 0 Å². The van der Waals surface area contributed by atoms with Crippen molar-refractivity contribution in [1.29, 1.82) is 5.41 Å². The second kappa shape index (κ2) is 2.92. The summed E-state index contributed by atoms with van der Waals surface area (Å²) in [7, 11) is 0. The summed E-state index contributed by atoms with van der Waals surface area (Å²) >= 11 is 0. The van der Waals surface area contributed by atoms with Crippen LogP contribution in [0.5, 0.6) is 0 Å². The highest BCUT2D eigenvalue weighted by atomic mass is 15.3. The van der Waals surface area contributed by atoms with Gasteiger partial charge in [0.05, 0.1) is 0 Å². The van der Waals surface area contributed by atoms with Crippen LogP contribution in [0, 0.1) is 5.41 Å². The number of hydrogen-bond acceptors (Lipinski definition) is 2. The van der Waals surface area contributed by atoms with Crippen LogP contribution < -0.4 is 0 Å². The molecule has 0 saturated carbocycles. The first-order valence-corrected chi connectivity index (χ1v) is 3.53. The van der Waals surface area contributed by atoms with E-state index in [1.807, 2.05) is 6.21 Å². The summed E-state index contributed by atoms with van der Waals surface area (Å²) in [6.45, 7) is 6.15. The summed E-state index contributed by atoms with van der Waals surface area (Å²) in [6.07, 6.45) is 1.83. The molecular formula is C7H13N3. The lowest BCUT2D eigenvalue weighted by Gasteiger charge is -2.03. The minimum Gasteiger partial charge on any atom is -0.293 e. The van der Waals surface area contributed by atoms with Crippen molar-refractivity contribution in [3.63, 3.8) is 0 Å². The van der Waals surface area contributed by atoms with Gasteiger partial charge in [0.2, 0.25) is 0 Å². The van der Waals surface area contributed by atoms with E-state index in [4.69, 9.17) is 5.41 Å². The Kier molecular flexibility index (Phi) is 2.17. The van der Waals surface area contributed by atoms with Crippen molar-refractivity contribution in [3.05, 3.63) is 0 Å². The van der Waals surface area contributed by atoms with Gasteiger partial charge in [-0.25, -0.2) is 4.99 Å². The minimum absolute atomic E-state index is 0.383. The summed E-state index contributed by atoms with van der Waals surface area (Å²) in [5.41, 5.74) is 0. The third kappa shape index (κ3) is 2.27. The van der Waals surface area contributed by atoms with Gasteiger partial charge in [0.15, 0.2) is 0 Å². The first-order chi connectivity index (χ1) is 4.70. The Morgan fingerprint density at radius 2 is 2.30 bits per heavy atom. The van der Waals surface area contributed by atoms with Gasteiger partial charge < -0.3 is 0 Å². The monoisotopic (exact) mass is 139 g/mol. The van der Waals surface area contributed by atoms with Crippen LogP contribution in [0.25, 0.3) is 0 Å². The van der Waals surface area contributed by atoms with Crippen molar-refractivity contribution in [2.24, 2.45) is 4.99 Å². The number of hydrogen-bond donors (Lipinski definition) is 1. The molecule has 0 aromatic heterocycles. The van der Waals surface area contributed by atoms with Crippen LogP contribution >= 0.6 is 0 Å². The SMILES string of the molecule is CC(=N)N=CC(C)N1CC1. The lowest BCUT2D eigenvalue weighted by molar-refractivity contribution is 0.531. The zero-order chi connectivity index (χ0) is 7.56. The molecule has 10 heavy (non-hydrogen) atoms. The van der Waals surface area contributed by atoms with Gasteiger partial charge in [-0.2, -0.15) is 0 Å². The molecule has 1 aliphatic rings. The molecule has 1 N–H and O–H groups in total. The molecule has 1 aliphatic heterocycles. The number of nitrogens with zero attached hydrogens (tertiary/aromatic N) is 2. The highest BCUT2D eigenvalue weighted by molar-refractivity contribution is 5.86. The van der Waals surface area contributed by atoms with Crippen LogP contribution in [0.3, 0.4) is 0 Å². The lowest BCUT2D eigenvalue weighted by atomic mass is 10.4. The maximum Gasteiger partial charge on any atom is 0.116 e. The van der Waals surface area contributed by atoms with Gasteiger partial charge in [-0.1, -0.05) is 0 Å². The average molecular weight is 139 g/mol. The third-order valence-corrected chi connectivity index (χ3v) is 1.54. The number of nitrogens with one attached hydrogen (secondary N) is 1. The van der Waals surface area contributed by atoms with E-state index in [1.165, 1.54) is 13.1 Å². The predicted molar refractivity (Wildman–Crippen MR) is 42.9 cm³/mol. The second-order valence-corrected chi connectivity index (χ2v) is 2.64. The molecule has 1 atom stereocenters. The molecule has 0 aliphatic carbocycles. The molecule has 1 unspecified atom stereocenters. The summed E-state index contributed by atoms with van der Waals surface area (Å²) in [5, 5.41) is 7.03. The molecular weight excluding hydrogens is 126 g/mol. The molecule has 0 aromatic rings. The summed E-state index contributed by atoms with van der Waals surface area (Å²) in [5.74, 6) is 0.383. The molecule has 0 aromatic carbocycles. The van der Waals surface area contributed by atoms with Gasteiger partial charge in [0.25, 0.3) is 0 Å². The Balaban J connectivity index is 2.28. The summed E-state index contributed by atoms with van der Waals surface area (Å²) in [6, 6.07) is 0.417. The Hall–Kier alpha value is -0.700. The Labute approximate surface area is 61.3 Å². The van der Waals surface area contributed by atoms with Crippen molar-refractivity contribution < 1.29 is 0 Å². The molecule has 56 valence electrons. The van der Waals surface area contributed by atoms with Gasteiger partial charge in [0, 0.05) is 25.3 Å². The molecule has 0 spiro atoms. The highest BCUT2D eigenvalue weighted by Gasteiger charge is 2.21. The van der Waals surface area contributed by atoms with E-state index in [0.29, 0.717) is 11.9 Å². The highest BCUT2D eigenvalue weighted by Crippen LogP contribution is 2.07. The van der Waals surface area contributed by atoms with Gasteiger partial charge in [-0.05, 0) is 13.8 Å². The third-order valence-electron chi connectivity index (χ3n) is 1.54. The molecule has 0 bridgehead atoms. The topological polar surface area (TPSA) is 39.2 Å². The molecule has 1 rings (SSSR count). The first kappa shape index (κ1) is 7.41. The Morgan fingerprint density at radius 3 is 2.70 bits per heavy atom. The lowest BCUT2D eigenvalue weighted by Crippen LogP contribution is -2.15. The van der Waals surface area contributed by atoms with E-state index in [0.717, 1.165) is 0 Å². The fourth-order valence-electron chi connectivity index (χ4n) is 0.779. The van der Waals surface area contributed by atoms with E-state index in [1.54, 1.807) is 6.92 Å². The number of aliphatic imine (C=N–C) groups is 1. The van der Waals surface area contributed by atoms with Crippen LogP contribution in [-0.2, 0) is 0 Å². The standard InChI is InChI=1S/C7H13N3/c1-6(10-3-4-10)5-9-7(2)8/h5-6,8H,3-4H2,1-2H3.